The summed E-state index contributed by atoms with van der Waals surface area (Å²) < 4.78 is 0.846. The van der Waals surface area contributed by atoms with Gasteiger partial charge in [0.1, 0.15) is 0 Å². The van der Waals surface area contributed by atoms with Crippen molar-refractivity contribution in [2.75, 3.05) is 5.73 Å². The van der Waals surface area contributed by atoms with E-state index in [1.165, 1.54) is 0 Å². The summed E-state index contributed by atoms with van der Waals surface area (Å²) in [6.07, 6.45) is 3.38. The lowest BCUT2D eigenvalue weighted by molar-refractivity contribution is 1.09. The predicted molar refractivity (Wildman–Crippen MR) is 64.8 cm³/mol. The highest BCUT2D eigenvalue weighted by Gasteiger charge is 2.02. The SMILES string of the molecule is C=CCCC(=N)c1ccc(N)c(Br)c1. The first-order valence-electron chi connectivity index (χ1n) is 4.39. The second kappa shape index (κ2) is 4.96. The van der Waals surface area contributed by atoms with Crippen molar-refractivity contribution in [1.82, 2.24) is 0 Å². The molecule has 0 unspecified atom stereocenters. The zero-order valence-corrected chi connectivity index (χ0v) is 9.47. The molecule has 0 fully saturated rings. The summed E-state index contributed by atoms with van der Waals surface area (Å²) in [5.74, 6) is 0. The molecule has 1 aromatic rings. The lowest BCUT2D eigenvalue weighted by atomic mass is 10.1. The molecule has 0 aliphatic rings. The number of allylic oxidation sites excluding steroid dienone is 1. The summed E-state index contributed by atoms with van der Waals surface area (Å²) in [4.78, 5) is 0. The van der Waals surface area contributed by atoms with Gasteiger partial charge in [0.2, 0.25) is 0 Å². The molecule has 0 saturated heterocycles. The molecule has 14 heavy (non-hydrogen) atoms. The lowest BCUT2D eigenvalue weighted by Crippen LogP contribution is -1.99. The molecule has 0 heterocycles. The van der Waals surface area contributed by atoms with Crippen molar-refractivity contribution in [3.05, 3.63) is 40.9 Å². The Morgan fingerprint density at radius 3 is 2.86 bits per heavy atom. The van der Waals surface area contributed by atoms with Crippen LogP contribution in [0.4, 0.5) is 5.69 Å². The average Bonchev–Trinajstić information content (AvgIpc) is 2.18. The molecular weight excluding hydrogens is 240 g/mol. The van der Waals surface area contributed by atoms with Crippen LogP contribution in [0.2, 0.25) is 0 Å². The van der Waals surface area contributed by atoms with E-state index in [-0.39, 0.29) is 0 Å². The van der Waals surface area contributed by atoms with Crippen molar-refractivity contribution in [2.24, 2.45) is 0 Å². The molecule has 0 aromatic heterocycles. The predicted octanol–water partition coefficient (Wildman–Crippen LogP) is 3.37. The molecule has 0 amide bonds. The topological polar surface area (TPSA) is 49.9 Å². The summed E-state index contributed by atoms with van der Waals surface area (Å²) in [6, 6.07) is 5.55. The maximum Gasteiger partial charge on any atom is 0.0458 e. The molecule has 1 rings (SSSR count). The van der Waals surface area contributed by atoms with Crippen LogP contribution in [0.1, 0.15) is 18.4 Å². The highest BCUT2D eigenvalue weighted by molar-refractivity contribution is 9.10. The third-order valence-corrected chi connectivity index (χ3v) is 2.63. The smallest absolute Gasteiger partial charge is 0.0458 e. The number of benzene rings is 1. The van der Waals surface area contributed by atoms with Gasteiger partial charge in [-0.05, 0) is 46.5 Å². The van der Waals surface area contributed by atoms with Crippen LogP contribution < -0.4 is 5.73 Å². The number of anilines is 1. The van der Waals surface area contributed by atoms with E-state index in [1.807, 2.05) is 24.3 Å². The summed E-state index contributed by atoms with van der Waals surface area (Å²) in [5.41, 5.74) is 7.88. The summed E-state index contributed by atoms with van der Waals surface area (Å²) in [6.45, 7) is 3.63. The maximum absolute atomic E-state index is 7.79. The van der Waals surface area contributed by atoms with E-state index in [4.69, 9.17) is 11.1 Å². The fourth-order valence-corrected chi connectivity index (χ4v) is 1.48. The monoisotopic (exact) mass is 252 g/mol. The second-order valence-corrected chi connectivity index (χ2v) is 3.90. The second-order valence-electron chi connectivity index (χ2n) is 3.04. The molecule has 0 aliphatic carbocycles. The van der Waals surface area contributed by atoms with E-state index in [9.17, 15) is 0 Å². The van der Waals surface area contributed by atoms with Crippen molar-refractivity contribution in [1.29, 1.82) is 5.41 Å². The Morgan fingerprint density at radius 1 is 1.57 bits per heavy atom. The van der Waals surface area contributed by atoms with Gasteiger partial charge >= 0.3 is 0 Å². The summed E-state index contributed by atoms with van der Waals surface area (Å²) >= 11 is 3.34. The van der Waals surface area contributed by atoms with Gasteiger partial charge in [0.25, 0.3) is 0 Å². The van der Waals surface area contributed by atoms with Crippen molar-refractivity contribution >= 4 is 27.3 Å². The number of rotatable bonds is 4. The van der Waals surface area contributed by atoms with Gasteiger partial charge in [-0.1, -0.05) is 12.1 Å². The Morgan fingerprint density at radius 2 is 2.29 bits per heavy atom. The largest absolute Gasteiger partial charge is 0.398 e. The maximum atomic E-state index is 7.79. The molecule has 0 spiro atoms. The molecule has 2 nitrogen and oxygen atoms in total. The number of nitrogens with two attached hydrogens (primary N) is 1. The number of nitrogen functional groups attached to an aromatic ring is 1. The molecule has 0 atom stereocenters. The van der Waals surface area contributed by atoms with Crippen molar-refractivity contribution in [3.8, 4) is 0 Å². The van der Waals surface area contributed by atoms with Crippen molar-refractivity contribution in [3.63, 3.8) is 0 Å². The molecular formula is C11H13BrN2. The Kier molecular flexibility index (Phi) is 3.89. The number of hydrogen-bond acceptors (Lipinski definition) is 2. The van der Waals surface area contributed by atoms with E-state index in [0.717, 1.165) is 22.9 Å². The number of nitrogens with one attached hydrogen (secondary N) is 1. The minimum absolute atomic E-state index is 0.616. The molecule has 0 aliphatic heterocycles. The molecule has 0 bridgehead atoms. The Bertz CT molecular complexity index is 358. The van der Waals surface area contributed by atoms with Gasteiger partial charge in [-0.3, -0.25) is 0 Å². The van der Waals surface area contributed by atoms with Gasteiger partial charge in [0.15, 0.2) is 0 Å². The first kappa shape index (κ1) is 11.0. The van der Waals surface area contributed by atoms with E-state index in [1.54, 1.807) is 0 Å². The summed E-state index contributed by atoms with van der Waals surface area (Å²) in [5, 5.41) is 7.79. The standard InChI is InChI=1S/C11H13BrN2/c1-2-3-4-10(13)8-5-6-11(14)9(12)7-8/h2,5-7,13H,1,3-4,14H2. The van der Waals surface area contributed by atoms with Crippen molar-refractivity contribution in [2.45, 2.75) is 12.8 Å². The van der Waals surface area contributed by atoms with Gasteiger partial charge < -0.3 is 11.1 Å². The fraction of sp³-hybridized carbons (Fsp3) is 0.182. The van der Waals surface area contributed by atoms with Gasteiger partial charge in [-0.25, -0.2) is 0 Å². The van der Waals surface area contributed by atoms with Gasteiger partial charge in [0.05, 0.1) is 0 Å². The minimum atomic E-state index is 0.616. The quantitative estimate of drug-likeness (QED) is 0.482. The lowest BCUT2D eigenvalue weighted by Gasteiger charge is -2.04. The average molecular weight is 253 g/mol. The van der Waals surface area contributed by atoms with E-state index >= 15 is 0 Å². The van der Waals surface area contributed by atoms with Crippen LogP contribution in [0.25, 0.3) is 0 Å². The van der Waals surface area contributed by atoms with E-state index in [0.29, 0.717) is 11.4 Å². The van der Waals surface area contributed by atoms with Gasteiger partial charge in [-0.2, -0.15) is 0 Å². The van der Waals surface area contributed by atoms with Crippen molar-refractivity contribution < 1.29 is 0 Å². The highest BCUT2D eigenvalue weighted by atomic mass is 79.9. The van der Waals surface area contributed by atoms with Gasteiger partial charge in [-0.15, -0.1) is 6.58 Å². The Hall–Kier alpha value is -1.09. The van der Waals surface area contributed by atoms with E-state index < -0.39 is 0 Å². The molecule has 74 valence electrons. The van der Waals surface area contributed by atoms with E-state index in [2.05, 4.69) is 22.5 Å². The van der Waals surface area contributed by atoms with Crippen LogP contribution in [0.5, 0.6) is 0 Å². The molecule has 1 aromatic carbocycles. The zero-order valence-electron chi connectivity index (χ0n) is 7.89. The van der Waals surface area contributed by atoms with Crippen LogP contribution in [0, 0.1) is 5.41 Å². The number of hydrogen-bond donors (Lipinski definition) is 2. The Balaban J connectivity index is 2.80. The number of halogens is 1. The molecule has 3 N–H and O–H groups in total. The minimum Gasteiger partial charge on any atom is -0.398 e. The normalized spacial score (nSPS) is 9.79. The Labute approximate surface area is 92.5 Å². The zero-order chi connectivity index (χ0) is 10.6. The summed E-state index contributed by atoms with van der Waals surface area (Å²) in [7, 11) is 0. The molecule has 0 radical (unpaired) electrons. The highest BCUT2D eigenvalue weighted by Crippen LogP contribution is 2.21. The van der Waals surface area contributed by atoms with Crippen LogP contribution in [-0.4, -0.2) is 5.71 Å². The first-order chi connectivity index (χ1) is 6.65. The molecule has 0 saturated carbocycles. The third-order valence-electron chi connectivity index (χ3n) is 1.95. The van der Waals surface area contributed by atoms with Gasteiger partial charge in [0, 0.05) is 15.9 Å². The fourth-order valence-electron chi connectivity index (χ4n) is 1.11. The van der Waals surface area contributed by atoms with Crippen LogP contribution in [0.15, 0.2) is 35.3 Å². The van der Waals surface area contributed by atoms with Crippen LogP contribution >= 0.6 is 15.9 Å². The molecule has 3 heteroatoms. The first-order valence-corrected chi connectivity index (χ1v) is 5.18. The van der Waals surface area contributed by atoms with Crippen LogP contribution in [0.3, 0.4) is 0 Å². The van der Waals surface area contributed by atoms with Crippen LogP contribution in [-0.2, 0) is 0 Å². The third kappa shape index (κ3) is 2.70.